The van der Waals surface area contributed by atoms with Crippen molar-refractivity contribution < 1.29 is 12.9 Å². The van der Waals surface area contributed by atoms with E-state index in [0.29, 0.717) is 37.3 Å². The molecule has 2 heterocycles. The summed E-state index contributed by atoms with van der Waals surface area (Å²) in [6, 6.07) is 1.58. The maximum Gasteiger partial charge on any atom is 0.220 e. The summed E-state index contributed by atoms with van der Waals surface area (Å²) in [6.45, 7) is 9.72. The zero-order valence-electron chi connectivity index (χ0n) is 16.2. The van der Waals surface area contributed by atoms with Crippen LogP contribution < -0.4 is 5.32 Å². The van der Waals surface area contributed by atoms with E-state index in [0.717, 1.165) is 25.3 Å². The van der Waals surface area contributed by atoms with Crippen molar-refractivity contribution in [3.8, 4) is 0 Å². The first kappa shape index (κ1) is 20.7. The first-order valence-corrected chi connectivity index (χ1v) is 10.6. The van der Waals surface area contributed by atoms with Gasteiger partial charge in [-0.15, -0.1) is 0 Å². The number of piperazine rings is 1. The first-order valence-electron chi connectivity index (χ1n) is 9.04. The van der Waals surface area contributed by atoms with Crippen LogP contribution in [0.2, 0.25) is 0 Å². The summed E-state index contributed by atoms with van der Waals surface area (Å²) >= 11 is 0. The number of aromatic nitrogens is 1. The average molecular weight is 386 g/mol. The molecule has 9 heteroatoms. The van der Waals surface area contributed by atoms with E-state index in [9.17, 15) is 8.42 Å². The van der Waals surface area contributed by atoms with Gasteiger partial charge in [-0.3, -0.25) is 4.99 Å². The van der Waals surface area contributed by atoms with Crippen LogP contribution in [-0.2, 0) is 15.8 Å². The van der Waals surface area contributed by atoms with Gasteiger partial charge in [-0.05, 0) is 18.3 Å². The van der Waals surface area contributed by atoms with Gasteiger partial charge in [0, 0.05) is 45.8 Å². The Bertz CT molecular complexity index is 672. The maximum absolute atomic E-state index is 12.5. The summed E-state index contributed by atoms with van der Waals surface area (Å²) < 4.78 is 31.2. The predicted molar refractivity (Wildman–Crippen MR) is 102 cm³/mol. The van der Waals surface area contributed by atoms with E-state index in [-0.39, 0.29) is 5.75 Å². The number of aliphatic imine (C=N–C) groups is 1. The van der Waals surface area contributed by atoms with E-state index in [1.54, 1.807) is 13.1 Å². The van der Waals surface area contributed by atoms with Crippen molar-refractivity contribution in [2.75, 3.05) is 39.8 Å². The van der Waals surface area contributed by atoms with Gasteiger partial charge in [-0.1, -0.05) is 25.9 Å². The van der Waals surface area contributed by atoms with Crippen molar-refractivity contribution in [2.45, 2.75) is 39.4 Å². The standard InChI is InChI=1S/C17H31N5O3S/c1-17(2,3)7-5-8-19-16(18-4)21-9-11-22(12-10-21)26(23,24)14-15-6-13-25-20-15/h6,13H,5,7-12,14H2,1-4H3,(H,18,19). The molecule has 1 saturated heterocycles. The van der Waals surface area contributed by atoms with Crippen LogP contribution in [0.25, 0.3) is 0 Å². The summed E-state index contributed by atoms with van der Waals surface area (Å²) in [4.78, 5) is 6.45. The number of nitrogens with zero attached hydrogens (tertiary/aromatic N) is 4. The minimum absolute atomic E-state index is 0.122. The fourth-order valence-electron chi connectivity index (χ4n) is 2.92. The van der Waals surface area contributed by atoms with Crippen molar-refractivity contribution in [3.05, 3.63) is 18.0 Å². The van der Waals surface area contributed by atoms with Crippen LogP contribution in [0.3, 0.4) is 0 Å². The second-order valence-corrected chi connectivity index (χ2v) is 9.74. The number of hydrogen-bond acceptors (Lipinski definition) is 5. The molecule has 148 valence electrons. The molecule has 26 heavy (non-hydrogen) atoms. The van der Waals surface area contributed by atoms with Gasteiger partial charge >= 0.3 is 0 Å². The lowest BCUT2D eigenvalue weighted by molar-refractivity contribution is 0.259. The monoisotopic (exact) mass is 385 g/mol. The van der Waals surface area contributed by atoms with Crippen molar-refractivity contribution in [3.63, 3.8) is 0 Å². The number of hydrogen-bond donors (Lipinski definition) is 1. The second-order valence-electron chi connectivity index (χ2n) is 7.77. The molecule has 1 aromatic heterocycles. The molecule has 1 aliphatic heterocycles. The lowest BCUT2D eigenvalue weighted by Gasteiger charge is -2.35. The Morgan fingerprint density at radius 3 is 2.54 bits per heavy atom. The van der Waals surface area contributed by atoms with E-state index in [1.807, 2.05) is 0 Å². The van der Waals surface area contributed by atoms with Crippen LogP contribution >= 0.6 is 0 Å². The molecule has 0 aliphatic carbocycles. The Balaban J connectivity index is 1.80. The quantitative estimate of drug-likeness (QED) is 0.454. The Labute approximate surface area is 156 Å². The molecule has 0 aromatic carbocycles. The molecule has 1 N–H and O–H groups in total. The van der Waals surface area contributed by atoms with Gasteiger partial charge in [0.2, 0.25) is 10.0 Å². The van der Waals surface area contributed by atoms with E-state index in [1.165, 1.54) is 10.6 Å². The van der Waals surface area contributed by atoms with Crippen LogP contribution in [0.5, 0.6) is 0 Å². The summed E-state index contributed by atoms with van der Waals surface area (Å²) in [5.41, 5.74) is 0.762. The molecular formula is C17H31N5O3S. The van der Waals surface area contributed by atoms with Gasteiger partial charge in [0.25, 0.3) is 0 Å². The molecule has 2 rings (SSSR count). The average Bonchev–Trinajstić information content (AvgIpc) is 3.06. The molecule has 8 nitrogen and oxygen atoms in total. The van der Waals surface area contributed by atoms with Crippen LogP contribution in [0.4, 0.5) is 0 Å². The van der Waals surface area contributed by atoms with E-state index >= 15 is 0 Å². The van der Waals surface area contributed by atoms with Gasteiger partial charge in [-0.2, -0.15) is 4.31 Å². The number of guanidine groups is 1. The fourth-order valence-corrected chi connectivity index (χ4v) is 4.34. The summed E-state index contributed by atoms with van der Waals surface area (Å²) in [5, 5.41) is 7.08. The lowest BCUT2D eigenvalue weighted by atomic mass is 9.91. The third kappa shape index (κ3) is 6.28. The number of sulfonamides is 1. The highest BCUT2D eigenvalue weighted by molar-refractivity contribution is 7.88. The number of rotatable bonds is 6. The molecule has 0 bridgehead atoms. The molecule has 0 amide bonds. The first-order chi connectivity index (χ1) is 12.2. The van der Waals surface area contributed by atoms with Crippen LogP contribution in [0, 0.1) is 5.41 Å². The number of nitrogens with one attached hydrogen (secondary N) is 1. The van der Waals surface area contributed by atoms with Crippen LogP contribution in [-0.4, -0.2) is 68.5 Å². The molecule has 1 fully saturated rings. The van der Waals surface area contributed by atoms with Gasteiger partial charge in [-0.25, -0.2) is 8.42 Å². The summed E-state index contributed by atoms with van der Waals surface area (Å²) in [7, 11) is -1.61. The topological polar surface area (TPSA) is 91.0 Å². The molecule has 1 aromatic rings. The third-order valence-electron chi connectivity index (χ3n) is 4.35. The van der Waals surface area contributed by atoms with Crippen molar-refractivity contribution in [1.29, 1.82) is 0 Å². The van der Waals surface area contributed by atoms with Gasteiger partial charge in [0.15, 0.2) is 5.96 Å². The minimum Gasteiger partial charge on any atom is -0.364 e. The van der Waals surface area contributed by atoms with Gasteiger partial charge in [0.1, 0.15) is 12.0 Å². The predicted octanol–water partition coefficient (Wildman–Crippen LogP) is 1.52. The van der Waals surface area contributed by atoms with Gasteiger partial charge in [0.05, 0.1) is 5.69 Å². The summed E-state index contributed by atoms with van der Waals surface area (Å²) in [6.07, 6.45) is 3.61. The van der Waals surface area contributed by atoms with Gasteiger partial charge < -0.3 is 14.7 Å². The molecule has 0 spiro atoms. The van der Waals surface area contributed by atoms with Crippen LogP contribution in [0.15, 0.2) is 21.8 Å². The highest BCUT2D eigenvalue weighted by Crippen LogP contribution is 2.19. The second kappa shape index (κ2) is 8.85. The highest BCUT2D eigenvalue weighted by atomic mass is 32.2. The maximum atomic E-state index is 12.5. The molecular weight excluding hydrogens is 354 g/mol. The SMILES string of the molecule is CN=C(NCCCC(C)(C)C)N1CCN(S(=O)(=O)Cc2ccon2)CC1. The largest absolute Gasteiger partial charge is 0.364 e. The lowest BCUT2D eigenvalue weighted by Crippen LogP contribution is -2.54. The highest BCUT2D eigenvalue weighted by Gasteiger charge is 2.28. The van der Waals surface area contributed by atoms with E-state index in [2.05, 4.69) is 41.1 Å². The Hall–Kier alpha value is -1.61. The zero-order chi connectivity index (χ0) is 19.2. The van der Waals surface area contributed by atoms with Crippen molar-refractivity contribution in [2.24, 2.45) is 10.4 Å². The minimum atomic E-state index is -3.38. The molecule has 1 aliphatic rings. The molecule has 0 radical (unpaired) electrons. The van der Waals surface area contributed by atoms with Crippen LogP contribution in [0.1, 0.15) is 39.3 Å². The summed E-state index contributed by atoms with van der Waals surface area (Å²) in [5.74, 6) is 0.718. The Morgan fingerprint density at radius 1 is 1.31 bits per heavy atom. The van der Waals surface area contributed by atoms with Crippen molar-refractivity contribution in [1.82, 2.24) is 19.7 Å². The van der Waals surface area contributed by atoms with E-state index < -0.39 is 10.0 Å². The Kier molecular flexibility index (Phi) is 7.05. The molecule has 0 unspecified atom stereocenters. The fraction of sp³-hybridized carbons (Fsp3) is 0.765. The smallest absolute Gasteiger partial charge is 0.220 e. The third-order valence-corrected chi connectivity index (χ3v) is 6.16. The normalized spacial score (nSPS) is 17.5. The van der Waals surface area contributed by atoms with Crippen molar-refractivity contribution >= 4 is 16.0 Å². The van der Waals surface area contributed by atoms with E-state index in [4.69, 9.17) is 4.52 Å². The molecule has 0 atom stereocenters. The molecule has 0 saturated carbocycles. The zero-order valence-corrected chi connectivity index (χ0v) is 17.0. The Morgan fingerprint density at radius 2 is 2.00 bits per heavy atom.